The molecule has 0 saturated heterocycles. The first-order valence-electron chi connectivity index (χ1n) is 11.3. The van der Waals surface area contributed by atoms with E-state index in [1.165, 1.54) is 0 Å². The molecule has 0 unspecified atom stereocenters. The van der Waals surface area contributed by atoms with E-state index in [2.05, 4.69) is 16.4 Å². The molecule has 2 aromatic carbocycles. The number of nitrogens with one attached hydrogen (secondary N) is 2. The van der Waals surface area contributed by atoms with Gasteiger partial charge in [-0.1, -0.05) is 31.0 Å². The smallest absolute Gasteiger partial charge is 0.331 e. The van der Waals surface area contributed by atoms with Crippen LogP contribution in [0.1, 0.15) is 44.6 Å². The lowest BCUT2D eigenvalue weighted by molar-refractivity contribution is -0.153. The summed E-state index contributed by atoms with van der Waals surface area (Å²) in [4.78, 5) is 29.0. The van der Waals surface area contributed by atoms with Gasteiger partial charge in [-0.15, -0.1) is 0 Å². The Balaban J connectivity index is 1.56. The van der Waals surface area contributed by atoms with Gasteiger partial charge in [0.05, 0.1) is 13.7 Å². The second-order valence-electron chi connectivity index (χ2n) is 8.31. The second-order valence-corrected chi connectivity index (χ2v) is 8.31. The number of hydrogen-bond acceptors (Lipinski definition) is 4. The molecular formula is C26H30N2O4. The van der Waals surface area contributed by atoms with Gasteiger partial charge in [0.2, 0.25) is 5.91 Å². The SMILES string of the molecule is CCOC(=O)C1(NC(=O)CCc2c(-c3ccc(OC)cc3)[nH]c3ccccc23)CCCC1. The second kappa shape index (κ2) is 9.47. The molecule has 1 amide bonds. The third-order valence-corrected chi connectivity index (χ3v) is 6.30. The van der Waals surface area contributed by atoms with Gasteiger partial charge in [0, 0.05) is 23.0 Å². The van der Waals surface area contributed by atoms with E-state index in [-0.39, 0.29) is 11.9 Å². The number of H-pyrrole nitrogens is 1. The van der Waals surface area contributed by atoms with Crippen molar-refractivity contribution < 1.29 is 19.1 Å². The van der Waals surface area contributed by atoms with E-state index in [1.807, 2.05) is 42.5 Å². The summed E-state index contributed by atoms with van der Waals surface area (Å²) in [5.41, 5.74) is 3.30. The van der Waals surface area contributed by atoms with Crippen LogP contribution in [0.25, 0.3) is 22.2 Å². The van der Waals surface area contributed by atoms with Crippen LogP contribution in [0.2, 0.25) is 0 Å². The van der Waals surface area contributed by atoms with E-state index < -0.39 is 5.54 Å². The van der Waals surface area contributed by atoms with Crippen LogP contribution in [0.5, 0.6) is 5.75 Å². The molecule has 0 atom stereocenters. The number of rotatable bonds is 8. The van der Waals surface area contributed by atoms with Crippen molar-refractivity contribution in [1.82, 2.24) is 10.3 Å². The molecule has 0 radical (unpaired) electrons. The number of fused-ring (bicyclic) bond motifs is 1. The molecule has 4 rings (SSSR count). The third kappa shape index (κ3) is 4.35. The first-order chi connectivity index (χ1) is 15.6. The summed E-state index contributed by atoms with van der Waals surface area (Å²) in [6, 6.07) is 16.0. The van der Waals surface area contributed by atoms with E-state index in [0.29, 0.717) is 32.3 Å². The topological polar surface area (TPSA) is 80.4 Å². The van der Waals surface area contributed by atoms with Crippen molar-refractivity contribution in [3.63, 3.8) is 0 Å². The van der Waals surface area contributed by atoms with Gasteiger partial charge in [-0.25, -0.2) is 4.79 Å². The number of carbonyl (C=O) groups is 2. The number of aromatic nitrogens is 1. The van der Waals surface area contributed by atoms with Crippen molar-refractivity contribution in [2.24, 2.45) is 0 Å². The summed E-state index contributed by atoms with van der Waals surface area (Å²) in [6.07, 6.45) is 3.98. The molecule has 1 fully saturated rings. The Labute approximate surface area is 188 Å². The van der Waals surface area contributed by atoms with Crippen LogP contribution in [0.4, 0.5) is 0 Å². The zero-order valence-corrected chi connectivity index (χ0v) is 18.7. The lowest BCUT2D eigenvalue weighted by Crippen LogP contribution is -2.53. The Hall–Kier alpha value is -3.28. The van der Waals surface area contributed by atoms with Crippen LogP contribution in [-0.4, -0.2) is 36.1 Å². The lowest BCUT2D eigenvalue weighted by atomic mass is 9.96. The molecule has 2 N–H and O–H groups in total. The van der Waals surface area contributed by atoms with Crippen LogP contribution in [0, 0.1) is 0 Å². The number of carbonyl (C=O) groups excluding carboxylic acids is 2. The van der Waals surface area contributed by atoms with E-state index in [1.54, 1.807) is 14.0 Å². The van der Waals surface area contributed by atoms with Gasteiger partial charge in [-0.2, -0.15) is 0 Å². The fraction of sp³-hybridized carbons (Fsp3) is 0.385. The predicted molar refractivity (Wildman–Crippen MR) is 125 cm³/mol. The molecule has 0 spiro atoms. The highest BCUT2D eigenvalue weighted by Crippen LogP contribution is 2.33. The minimum Gasteiger partial charge on any atom is -0.497 e. The zero-order valence-electron chi connectivity index (χ0n) is 18.7. The normalized spacial score (nSPS) is 14.9. The highest BCUT2D eigenvalue weighted by Gasteiger charge is 2.43. The van der Waals surface area contributed by atoms with E-state index in [9.17, 15) is 9.59 Å². The van der Waals surface area contributed by atoms with Crippen LogP contribution in [0.15, 0.2) is 48.5 Å². The lowest BCUT2D eigenvalue weighted by Gasteiger charge is -2.27. The molecule has 1 aromatic heterocycles. The number of amides is 1. The molecule has 6 nitrogen and oxygen atoms in total. The van der Waals surface area contributed by atoms with Gasteiger partial charge < -0.3 is 19.8 Å². The van der Waals surface area contributed by atoms with Crippen LogP contribution in [-0.2, 0) is 20.7 Å². The van der Waals surface area contributed by atoms with E-state index >= 15 is 0 Å². The Morgan fingerprint density at radius 3 is 2.47 bits per heavy atom. The van der Waals surface area contributed by atoms with Crippen molar-refractivity contribution in [1.29, 1.82) is 0 Å². The van der Waals surface area contributed by atoms with Crippen LogP contribution < -0.4 is 10.1 Å². The number of aromatic amines is 1. The van der Waals surface area contributed by atoms with Gasteiger partial charge in [0.1, 0.15) is 11.3 Å². The summed E-state index contributed by atoms with van der Waals surface area (Å²) >= 11 is 0. The number of esters is 1. The number of hydrogen-bond donors (Lipinski definition) is 2. The standard InChI is InChI=1S/C26H30N2O4/c1-3-32-25(30)26(16-6-7-17-26)28-23(29)15-14-21-20-8-4-5-9-22(20)27-24(21)18-10-12-19(31-2)13-11-18/h4-5,8-13,27H,3,6-7,14-17H2,1-2H3,(H,28,29). The number of ether oxygens (including phenoxy) is 2. The Morgan fingerprint density at radius 1 is 1.06 bits per heavy atom. The Kier molecular flexibility index (Phi) is 6.49. The number of methoxy groups -OCH3 is 1. The Bertz CT molecular complexity index is 1090. The minimum atomic E-state index is -0.869. The quantitative estimate of drug-likeness (QED) is 0.501. The highest BCUT2D eigenvalue weighted by atomic mass is 16.5. The molecule has 1 saturated carbocycles. The van der Waals surface area contributed by atoms with Crippen molar-refractivity contribution in [2.45, 2.75) is 51.0 Å². The summed E-state index contributed by atoms with van der Waals surface area (Å²) in [5.74, 6) is 0.370. The van der Waals surface area contributed by atoms with Crippen molar-refractivity contribution in [3.05, 3.63) is 54.1 Å². The number of aryl methyl sites for hydroxylation is 1. The average molecular weight is 435 g/mol. The average Bonchev–Trinajstić information content (AvgIpc) is 3.43. The van der Waals surface area contributed by atoms with Gasteiger partial charge >= 0.3 is 5.97 Å². The van der Waals surface area contributed by atoms with Crippen molar-refractivity contribution in [3.8, 4) is 17.0 Å². The van der Waals surface area contributed by atoms with Crippen molar-refractivity contribution >= 4 is 22.8 Å². The molecule has 1 aliphatic carbocycles. The van der Waals surface area contributed by atoms with Gasteiger partial charge in [0.25, 0.3) is 0 Å². The molecule has 0 aliphatic heterocycles. The fourth-order valence-corrected chi connectivity index (χ4v) is 4.66. The zero-order chi connectivity index (χ0) is 22.6. The number of benzene rings is 2. The van der Waals surface area contributed by atoms with Crippen molar-refractivity contribution in [2.75, 3.05) is 13.7 Å². The summed E-state index contributed by atoms with van der Waals surface area (Å²) < 4.78 is 10.5. The minimum absolute atomic E-state index is 0.120. The van der Waals surface area contributed by atoms with Gasteiger partial charge in [-0.05, 0) is 67.6 Å². The molecular weight excluding hydrogens is 404 g/mol. The Morgan fingerprint density at radius 2 is 1.78 bits per heavy atom. The third-order valence-electron chi connectivity index (χ3n) is 6.30. The maximum atomic E-state index is 12.9. The predicted octanol–water partition coefficient (Wildman–Crippen LogP) is 4.77. The van der Waals surface area contributed by atoms with E-state index in [0.717, 1.165) is 46.3 Å². The first-order valence-corrected chi connectivity index (χ1v) is 11.3. The van der Waals surface area contributed by atoms with Crippen LogP contribution in [0.3, 0.4) is 0 Å². The fourth-order valence-electron chi connectivity index (χ4n) is 4.66. The summed E-state index contributed by atoms with van der Waals surface area (Å²) in [5, 5.41) is 4.13. The highest BCUT2D eigenvalue weighted by molar-refractivity contribution is 5.92. The molecule has 6 heteroatoms. The first kappa shape index (κ1) is 21.9. The summed E-state index contributed by atoms with van der Waals surface area (Å²) in [6.45, 7) is 2.11. The molecule has 32 heavy (non-hydrogen) atoms. The molecule has 3 aromatic rings. The maximum Gasteiger partial charge on any atom is 0.331 e. The summed E-state index contributed by atoms with van der Waals surface area (Å²) in [7, 11) is 1.65. The van der Waals surface area contributed by atoms with Gasteiger partial charge in [-0.3, -0.25) is 4.79 Å². The molecule has 1 aliphatic rings. The van der Waals surface area contributed by atoms with Crippen LogP contribution >= 0.6 is 0 Å². The molecule has 0 bridgehead atoms. The largest absolute Gasteiger partial charge is 0.497 e. The van der Waals surface area contributed by atoms with E-state index in [4.69, 9.17) is 9.47 Å². The monoisotopic (exact) mass is 434 g/mol. The molecule has 1 heterocycles. The van der Waals surface area contributed by atoms with Gasteiger partial charge in [0.15, 0.2) is 0 Å². The number of para-hydroxylation sites is 1. The maximum absolute atomic E-state index is 12.9. The molecule has 168 valence electrons.